The Morgan fingerprint density at radius 2 is 1.94 bits per heavy atom. The van der Waals surface area contributed by atoms with E-state index in [1.807, 2.05) is 49.4 Å². The average Bonchev–Trinajstić information content (AvgIpc) is 3.12. The van der Waals surface area contributed by atoms with E-state index in [0.29, 0.717) is 28.9 Å². The van der Waals surface area contributed by atoms with Crippen LogP contribution in [0.25, 0.3) is 16.8 Å². The predicted octanol–water partition coefficient (Wildman–Crippen LogP) is 5.95. The minimum absolute atomic E-state index is 0.134. The highest BCUT2D eigenvalue weighted by molar-refractivity contribution is 8.18. The van der Waals surface area contributed by atoms with Crippen LogP contribution < -0.4 is 4.74 Å². The van der Waals surface area contributed by atoms with E-state index in [2.05, 4.69) is 11.9 Å². The number of carboxylic acid groups (broad SMARTS) is 1. The zero-order valence-electron chi connectivity index (χ0n) is 18.4. The van der Waals surface area contributed by atoms with Gasteiger partial charge >= 0.3 is 5.97 Å². The summed E-state index contributed by atoms with van der Waals surface area (Å²) in [7, 11) is 0. The topological polar surface area (TPSA) is 79.2 Å². The van der Waals surface area contributed by atoms with Crippen LogP contribution in [0.3, 0.4) is 0 Å². The number of likely N-dealkylation sites (N-methyl/N-ethyl adjacent to an activating group) is 1. The normalized spacial score (nSPS) is 16.2. The monoisotopic (exact) mass is 460 g/mol. The first kappa shape index (κ1) is 22.6. The van der Waals surface area contributed by atoms with Crippen LogP contribution in [-0.2, 0) is 4.79 Å². The Balaban J connectivity index is 1.77. The van der Waals surface area contributed by atoms with Gasteiger partial charge in [0.05, 0.1) is 22.8 Å². The number of hydrogen-bond donors (Lipinski definition) is 1. The molecule has 168 valence electrons. The van der Waals surface area contributed by atoms with Crippen LogP contribution in [0.5, 0.6) is 5.75 Å². The summed E-state index contributed by atoms with van der Waals surface area (Å²) in [6, 6.07) is 18.4. The van der Waals surface area contributed by atoms with E-state index >= 15 is 0 Å². The van der Waals surface area contributed by atoms with Gasteiger partial charge in [-0.1, -0.05) is 43.3 Å². The van der Waals surface area contributed by atoms with Gasteiger partial charge in [0.1, 0.15) is 5.75 Å². The van der Waals surface area contributed by atoms with Crippen molar-refractivity contribution in [1.29, 1.82) is 0 Å². The lowest BCUT2D eigenvalue weighted by Gasteiger charge is -2.13. The molecule has 0 saturated carbocycles. The molecule has 1 aliphatic rings. The van der Waals surface area contributed by atoms with Gasteiger partial charge in [-0.15, -0.1) is 0 Å². The van der Waals surface area contributed by atoms with Gasteiger partial charge in [0.25, 0.3) is 5.91 Å². The molecule has 0 aromatic heterocycles. The van der Waals surface area contributed by atoms with Gasteiger partial charge in [0.2, 0.25) is 0 Å². The Hall–Kier alpha value is -3.58. The molecule has 1 saturated heterocycles. The fourth-order valence-electron chi connectivity index (χ4n) is 3.58. The molecule has 0 atom stereocenters. The maximum Gasteiger partial charge on any atom is 0.335 e. The number of rotatable bonds is 7. The van der Waals surface area contributed by atoms with E-state index in [1.165, 1.54) is 23.9 Å². The maximum absolute atomic E-state index is 13.2. The first-order chi connectivity index (χ1) is 16.0. The largest absolute Gasteiger partial charge is 0.493 e. The quantitative estimate of drug-likeness (QED) is 0.441. The number of hydrogen-bond acceptors (Lipinski definition) is 5. The zero-order valence-corrected chi connectivity index (χ0v) is 19.3. The third kappa shape index (κ3) is 4.78. The lowest BCUT2D eigenvalue weighted by molar-refractivity contribution is -0.122. The summed E-state index contributed by atoms with van der Waals surface area (Å²) in [6.07, 6.45) is 2.76. The molecule has 4 rings (SSSR count). The van der Waals surface area contributed by atoms with Gasteiger partial charge in [-0.05, 0) is 66.2 Å². The van der Waals surface area contributed by atoms with Crippen molar-refractivity contribution in [3.63, 3.8) is 0 Å². The molecule has 1 aliphatic heterocycles. The van der Waals surface area contributed by atoms with Gasteiger partial charge < -0.3 is 9.84 Å². The summed E-state index contributed by atoms with van der Waals surface area (Å²) in [5.74, 6) is -0.417. The molecule has 7 heteroatoms. The van der Waals surface area contributed by atoms with Crippen LogP contribution in [0.2, 0.25) is 0 Å². The van der Waals surface area contributed by atoms with E-state index < -0.39 is 5.97 Å². The van der Waals surface area contributed by atoms with E-state index in [0.717, 1.165) is 28.5 Å². The molecule has 0 aliphatic carbocycles. The van der Waals surface area contributed by atoms with Crippen LogP contribution in [-0.4, -0.2) is 40.2 Å². The second-order valence-corrected chi connectivity index (χ2v) is 8.47. The molecule has 3 aromatic rings. The molecule has 0 unspecified atom stereocenters. The van der Waals surface area contributed by atoms with Crippen LogP contribution in [0, 0.1) is 0 Å². The molecule has 1 N–H and O–H groups in total. The molecule has 3 aromatic carbocycles. The second kappa shape index (κ2) is 9.92. The van der Waals surface area contributed by atoms with Crippen LogP contribution in [0.4, 0.5) is 5.69 Å². The highest BCUT2D eigenvalue weighted by Crippen LogP contribution is 2.37. The summed E-state index contributed by atoms with van der Waals surface area (Å²) in [5.41, 5.74) is 1.50. The molecule has 0 radical (unpaired) electrons. The van der Waals surface area contributed by atoms with Gasteiger partial charge in [0, 0.05) is 12.1 Å². The van der Waals surface area contributed by atoms with Crippen LogP contribution >= 0.6 is 11.8 Å². The van der Waals surface area contributed by atoms with Crippen LogP contribution in [0.1, 0.15) is 36.2 Å². The van der Waals surface area contributed by atoms with Crippen molar-refractivity contribution in [3.05, 3.63) is 76.7 Å². The minimum atomic E-state index is -1.02. The number of fused-ring (bicyclic) bond motifs is 1. The molecule has 0 spiro atoms. The summed E-state index contributed by atoms with van der Waals surface area (Å²) >= 11 is 1.28. The first-order valence-electron chi connectivity index (χ1n) is 10.8. The van der Waals surface area contributed by atoms with Crippen molar-refractivity contribution in [3.8, 4) is 5.75 Å². The number of aliphatic imine (C=N–C) groups is 1. The third-order valence-electron chi connectivity index (χ3n) is 5.19. The minimum Gasteiger partial charge on any atom is -0.493 e. The Morgan fingerprint density at radius 3 is 2.70 bits per heavy atom. The summed E-state index contributed by atoms with van der Waals surface area (Å²) < 4.78 is 5.99. The van der Waals surface area contributed by atoms with Crippen molar-refractivity contribution in [2.75, 3.05) is 13.2 Å². The molecule has 1 fully saturated rings. The highest BCUT2D eigenvalue weighted by Gasteiger charge is 2.32. The zero-order chi connectivity index (χ0) is 23.4. The fraction of sp³-hybridized carbons (Fsp3) is 0.192. The van der Waals surface area contributed by atoms with E-state index in [9.17, 15) is 14.7 Å². The van der Waals surface area contributed by atoms with E-state index in [-0.39, 0.29) is 11.5 Å². The number of thioether (sulfide) groups is 1. The second-order valence-electron chi connectivity index (χ2n) is 7.46. The molecule has 33 heavy (non-hydrogen) atoms. The number of carboxylic acids is 1. The van der Waals surface area contributed by atoms with Crippen molar-refractivity contribution < 1.29 is 19.4 Å². The molecular weight excluding hydrogens is 436 g/mol. The van der Waals surface area contributed by atoms with Crippen molar-refractivity contribution >= 4 is 51.3 Å². The molecule has 6 nitrogen and oxygen atoms in total. The van der Waals surface area contributed by atoms with Crippen molar-refractivity contribution in [2.24, 2.45) is 4.99 Å². The smallest absolute Gasteiger partial charge is 0.335 e. The first-order valence-corrected chi connectivity index (χ1v) is 11.6. The lowest BCUT2D eigenvalue weighted by atomic mass is 10.0. The third-order valence-corrected chi connectivity index (χ3v) is 6.20. The number of ether oxygens (including phenoxy) is 1. The van der Waals surface area contributed by atoms with Crippen molar-refractivity contribution in [2.45, 2.75) is 20.3 Å². The molecule has 1 amide bonds. The number of carbonyl (C=O) groups excluding carboxylic acids is 1. The Labute approximate surface area is 196 Å². The Morgan fingerprint density at radius 1 is 1.12 bits per heavy atom. The van der Waals surface area contributed by atoms with E-state index in [4.69, 9.17) is 4.74 Å². The Bertz CT molecular complexity index is 1280. The number of carbonyl (C=O) groups is 2. The highest BCUT2D eigenvalue weighted by atomic mass is 32.2. The number of nitrogens with zero attached hydrogens (tertiary/aromatic N) is 2. The SMILES string of the molecule is CCCOc1ccc2ccccc2c1/C=C1/SC(=Nc2cccc(C(=O)O)c2)N(CC)C1=O. The van der Waals surface area contributed by atoms with Crippen molar-refractivity contribution in [1.82, 2.24) is 4.90 Å². The van der Waals surface area contributed by atoms with Crippen LogP contribution in [0.15, 0.2) is 70.6 Å². The lowest BCUT2D eigenvalue weighted by Crippen LogP contribution is -2.28. The standard InChI is InChI=1S/C26H24N2O4S/c1-3-14-32-22-13-12-17-8-5-6-11-20(17)21(22)16-23-24(29)28(4-2)26(33-23)27-19-10-7-9-18(15-19)25(30)31/h5-13,15-16H,3-4,14H2,1-2H3,(H,30,31)/b23-16+,27-26?. The fourth-order valence-corrected chi connectivity index (χ4v) is 4.63. The number of amidine groups is 1. The number of amides is 1. The maximum atomic E-state index is 13.2. The van der Waals surface area contributed by atoms with E-state index in [1.54, 1.807) is 17.0 Å². The predicted molar refractivity (Wildman–Crippen MR) is 133 cm³/mol. The van der Waals surface area contributed by atoms with Gasteiger partial charge in [-0.25, -0.2) is 9.79 Å². The Kier molecular flexibility index (Phi) is 6.79. The van der Waals surface area contributed by atoms with Gasteiger partial charge in [-0.2, -0.15) is 0 Å². The van der Waals surface area contributed by atoms with Gasteiger partial charge in [0.15, 0.2) is 5.17 Å². The number of benzene rings is 3. The van der Waals surface area contributed by atoms with Gasteiger partial charge in [-0.3, -0.25) is 9.69 Å². The number of aromatic carboxylic acids is 1. The summed E-state index contributed by atoms with van der Waals surface area (Å²) in [5, 5.41) is 11.8. The average molecular weight is 461 g/mol. The molecule has 1 heterocycles. The molecule has 0 bridgehead atoms. The molecular formula is C26H24N2O4S. The summed E-state index contributed by atoms with van der Waals surface area (Å²) in [4.78, 5) is 31.2. The summed E-state index contributed by atoms with van der Waals surface area (Å²) in [6.45, 7) is 4.98.